The lowest BCUT2D eigenvalue weighted by molar-refractivity contribution is 0.384. The molecule has 0 bridgehead atoms. The van der Waals surface area contributed by atoms with Gasteiger partial charge >= 0.3 is 0 Å². The average Bonchev–Trinajstić information content (AvgIpc) is 2.44. The van der Waals surface area contributed by atoms with E-state index in [2.05, 4.69) is 24.4 Å². The molecule has 0 amide bonds. The highest BCUT2D eigenvalue weighted by Gasteiger charge is 2.29. The number of nitrogens with one attached hydrogen (secondary N) is 1. The van der Waals surface area contributed by atoms with Crippen LogP contribution in [0.1, 0.15) is 29.5 Å². The van der Waals surface area contributed by atoms with Crippen molar-refractivity contribution in [3.05, 3.63) is 59.2 Å². The molecule has 2 aromatic carbocycles. The van der Waals surface area contributed by atoms with E-state index < -0.39 is 0 Å². The van der Waals surface area contributed by atoms with Crippen molar-refractivity contribution in [1.82, 2.24) is 5.32 Å². The SMILES string of the molecule is CC1NCc2c(ccc(O)c2O)C1c1ccccc1. The zero-order valence-corrected chi connectivity index (χ0v) is 10.8. The minimum absolute atomic E-state index is 0.00201. The molecule has 0 saturated heterocycles. The summed E-state index contributed by atoms with van der Waals surface area (Å²) in [7, 11) is 0. The minimum atomic E-state index is -0.0538. The Morgan fingerprint density at radius 1 is 1.05 bits per heavy atom. The van der Waals surface area contributed by atoms with Crippen molar-refractivity contribution in [2.45, 2.75) is 25.4 Å². The monoisotopic (exact) mass is 255 g/mol. The third-order valence-electron chi connectivity index (χ3n) is 3.89. The molecule has 0 radical (unpaired) electrons. The Kier molecular flexibility index (Phi) is 2.91. The van der Waals surface area contributed by atoms with Crippen molar-refractivity contribution in [1.29, 1.82) is 0 Å². The van der Waals surface area contributed by atoms with Gasteiger partial charge in [-0.1, -0.05) is 36.4 Å². The number of fused-ring (bicyclic) bond motifs is 1. The van der Waals surface area contributed by atoms with Gasteiger partial charge in [0.2, 0.25) is 0 Å². The first kappa shape index (κ1) is 12.1. The predicted octanol–water partition coefficient (Wildman–Crippen LogP) is 2.72. The first-order valence-electron chi connectivity index (χ1n) is 6.50. The van der Waals surface area contributed by atoms with E-state index in [0.717, 1.165) is 11.1 Å². The number of hydrogen-bond donors (Lipinski definition) is 3. The first-order chi connectivity index (χ1) is 9.18. The Morgan fingerprint density at radius 2 is 1.79 bits per heavy atom. The molecule has 2 atom stereocenters. The second-order valence-corrected chi connectivity index (χ2v) is 5.06. The fraction of sp³-hybridized carbons (Fsp3) is 0.250. The average molecular weight is 255 g/mol. The van der Waals surface area contributed by atoms with E-state index in [1.165, 1.54) is 5.56 Å². The molecule has 1 aliphatic rings. The fourth-order valence-electron chi connectivity index (χ4n) is 2.90. The largest absolute Gasteiger partial charge is 0.504 e. The topological polar surface area (TPSA) is 52.5 Å². The van der Waals surface area contributed by atoms with Crippen LogP contribution in [0.3, 0.4) is 0 Å². The van der Waals surface area contributed by atoms with Crippen molar-refractivity contribution < 1.29 is 10.2 Å². The highest BCUT2D eigenvalue weighted by Crippen LogP contribution is 2.40. The Labute approximate surface area is 112 Å². The van der Waals surface area contributed by atoms with E-state index in [0.29, 0.717) is 12.6 Å². The fourth-order valence-corrected chi connectivity index (χ4v) is 2.90. The summed E-state index contributed by atoms with van der Waals surface area (Å²) < 4.78 is 0. The van der Waals surface area contributed by atoms with E-state index in [9.17, 15) is 10.2 Å². The molecule has 0 saturated carbocycles. The maximum atomic E-state index is 10.0. The summed E-state index contributed by atoms with van der Waals surface area (Å²) in [4.78, 5) is 0. The van der Waals surface area contributed by atoms with Crippen LogP contribution in [-0.4, -0.2) is 16.3 Å². The van der Waals surface area contributed by atoms with Gasteiger partial charge < -0.3 is 15.5 Å². The molecular formula is C16H17NO2. The lowest BCUT2D eigenvalue weighted by Crippen LogP contribution is -2.37. The molecule has 0 aliphatic carbocycles. The number of benzene rings is 2. The summed E-state index contributed by atoms with van der Waals surface area (Å²) >= 11 is 0. The third-order valence-corrected chi connectivity index (χ3v) is 3.89. The van der Waals surface area contributed by atoms with Gasteiger partial charge in [-0.2, -0.15) is 0 Å². The van der Waals surface area contributed by atoms with Crippen LogP contribution in [0, 0.1) is 0 Å². The smallest absolute Gasteiger partial charge is 0.162 e. The molecular weight excluding hydrogens is 238 g/mol. The quantitative estimate of drug-likeness (QED) is 0.687. The van der Waals surface area contributed by atoms with Crippen LogP contribution in [0.4, 0.5) is 0 Å². The van der Waals surface area contributed by atoms with Crippen LogP contribution >= 0.6 is 0 Å². The van der Waals surface area contributed by atoms with Gasteiger partial charge in [-0.3, -0.25) is 0 Å². The van der Waals surface area contributed by atoms with Crippen LogP contribution in [0.15, 0.2) is 42.5 Å². The zero-order chi connectivity index (χ0) is 13.4. The van der Waals surface area contributed by atoms with Crippen molar-refractivity contribution in [3.63, 3.8) is 0 Å². The van der Waals surface area contributed by atoms with Crippen molar-refractivity contribution in [2.24, 2.45) is 0 Å². The molecule has 19 heavy (non-hydrogen) atoms. The molecule has 3 nitrogen and oxygen atoms in total. The van der Waals surface area contributed by atoms with Gasteiger partial charge in [0.25, 0.3) is 0 Å². The molecule has 3 heteroatoms. The van der Waals surface area contributed by atoms with Crippen LogP contribution in [0.2, 0.25) is 0 Å². The van der Waals surface area contributed by atoms with Crippen molar-refractivity contribution in [3.8, 4) is 11.5 Å². The first-order valence-corrected chi connectivity index (χ1v) is 6.50. The molecule has 0 aromatic heterocycles. The highest BCUT2D eigenvalue weighted by molar-refractivity contribution is 5.53. The normalized spacial score (nSPS) is 21.9. The summed E-state index contributed by atoms with van der Waals surface area (Å²) in [6.45, 7) is 2.73. The molecule has 1 aliphatic heterocycles. The van der Waals surface area contributed by atoms with Crippen molar-refractivity contribution >= 4 is 0 Å². The zero-order valence-electron chi connectivity index (χ0n) is 10.8. The molecule has 3 N–H and O–H groups in total. The highest BCUT2D eigenvalue weighted by atomic mass is 16.3. The van der Waals surface area contributed by atoms with Gasteiger partial charge in [0.05, 0.1) is 0 Å². The number of phenolic OH excluding ortho intramolecular Hbond substituents is 2. The van der Waals surface area contributed by atoms with Gasteiger partial charge in [0.1, 0.15) is 0 Å². The Balaban J connectivity index is 2.15. The van der Waals surface area contributed by atoms with E-state index in [1.54, 1.807) is 6.07 Å². The summed E-state index contributed by atoms with van der Waals surface area (Å²) in [6, 6.07) is 14.0. The molecule has 2 aromatic rings. The number of phenols is 2. The molecule has 98 valence electrons. The second kappa shape index (κ2) is 4.59. The lowest BCUT2D eigenvalue weighted by Gasteiger charge is -2.33. The minimum Gasteiger partial charge on any atom is -0.504 e. The van der Waals surface area contributed by atoms with Crippen LogP contribution < -0.4 is 5.32 Å². The number of hydrogen-bond acceptors (Lipinski definition) is 3. The van der Waals surface area contributed by atoms with Gasteiger partial charge in [-0.25, -0.2) is 0 Å². The number of rotatable bonds is 1. The Hall–Kier alpha value is -2.00. The molecule has 0 spiro atoms. The van der Waals surface area contributed by atoms with E-state index in [-0.39, 0.29) is 17.4 Å². The van der Waals surface area contributed by atoms with Gasteiger partial charge in [0, 0.05) is 24.1 Å². The predicted molar refractivity (Wildman–Crippen MR) is 74.4 cm³/mol. The number of aromatic hydroxyl groups is 2. The standard InChI is InChI=1S/C16H17NO2/c1-10-15(11-5-3-2-4-6-11)12-7-8-14(18)16(19)13(12)9-17-10/h2-8,10,15,17-19H,9H2,1H3. The molecule has 2 unspecified atom stereocenters. The van der Waals surface area contributed by atoms with E-state index in [4.69, 9.17) is 0 Å². The lowest BCUT2D eigenvalue weighted by atomic mass is 9.80. The Bertz CT molecular complexity index is 595. The second-order valence-electron chi connectivity index (χ2n) is 5.06. The van der Waals surface area contributed by atoms with Gasteiger partial charge in [-0.05, 0) is 24.1 Å². The van der Waals surface area contributed by atoms with E-state index >= 15 is 0 Å². The van der Waals surface area contributed by atoms with Crippen molar-refractivity contribution in [2.75, 3.05) is 0 Å². The maximum absolute atomic E-state index is 10.0. The summed E-state index contributed by atoms with van der Waals surface area (Å²) in [5, 5.41) is 23.0. The van der Waals surface area contributed by atoms with Crippen LogP contribution in [0.25, 0.3) is 0 Å². The molecule has 0 fully saturated rings. The Morgan fingerprint density at radius 3 is 2.53 bits per heavy atom. The van der Waals surface area contributed by atoms with Crippen LogP contribution in [-0.2, 0) is 6.54 Å². The van der Waals surface area contributed by atoms with Crippen LogP contribution in [0.5, 0.6) is 11.5 Å². The summed E-state index contributed by atoms with van der Waals surface area (Å²) in [6.07, 6.45) is 0. The third kappa shape index (κ3) is 1.96. The molecule has 3 rings (SSSR count). The van der Waals surface area contributed by atoms with E-state index in [1.807, 2.05) is 24.3 Å². The summed E-state index contributed by atoms with van der Waals surface area (Å²) in [5.74, 6) is 0.135. The molecule has 1 heterocycles. The maximum Gasteiger partial charge on any atom is 0.162 e. The van der Waals surface area contributed by atoms with Gasteiger partial charge in [-0.15, -0.1) is 0 Å². The van der Waals surface area contributed by atoms with Gasteiger partial charge in [0.15, 0.2) is 11.5 Å². The summed E-state index contributed by atoms with van der Waals surface area (Å²) in [5.41, 5.74) is 3.10.